The summed E-state index contributed by atoms with van der Waals surface area (Å²) in [4.78, 5) is 16.8. The number of nitrogens with zero attached hydrogens (tertiary/aromatic N) is 2. The van der Waals surface area contributed by atoms with E-state index in [0.29, 0.717) is 41.8 Å². The lowest BCUT2D eigenvalue weighted by Crippen LogP contribution is -2.03. The number of methoxy groups -OCH3 is 2. The summed E-state index contributed by atoms with van der Waals surface area (Å²) >= 11 is 0. The Kier molecular flexibility index (Phi) is 7.32. The van der Waals surface area contributed by atoms with Gasteiger partial charge in [0.15, 0.2) is 17.3 Å². The molecule has 0 fully saturated rings. The Hall–Kier alpha value is -3.74. The van der Waals surface area contributed by atoms with Gasteiger partial charge in [-0.25, -0.2) is 4.98 Å². The van der Waals surface area contributed by atoms with Gasteiger partial charge in [-0.1, -0.05) is 6.08 Å². The molecule has 0 unspecified atom stereocenters. The molecule has 0 aliphatic carbocycles. The lowest BCUT2D eigenvalue weighted by atomic mass is 10.1. The maximum Gasteiger partial charge on any atom is 0.203 e. The van der Waals surface area contributed by atoms with Crippen LogP contribution < -0.4 is 18.9 Å². The first-order chi connectivity index (χ1) is 15.0. The normalized spacial score (nSPS) is 10.8. The fourth-order valence-corrected chi connectivity index (χ4v) is 2.95. The van der Waals surface area contributed by atoms with Crippen LogP contribution in [0.3, 0.4) is 0 Å². The average molecular weight is 422 g/mol. The molecule has 1 heterocycles. The summed E-state index contributed by atoms with van der Waals surface area (Å²) in [5.41, 5.74) is 1.32. The quantitative estimate of drug-likeness (QED) is 0.358. The first-order valence-electron chi connectivity index (χ1n) is 9.86. The first kappa shape index (κ1) is 22.0. The molecule has 7 heteroatoms. The molecule has 162 valence electrons. The highest BCUT2D eigenvalue weighted by Crippen LogP contribution is 2.38. The van der Waals surface area contributed by atoms with E-state index in [1.807, 2.05) is 24.7 Å². The van der Waals surface area contributed by atoms with E-state index >= 15 is 0 Å². The molecule has 1 aromatic heterocycles. The molecule has 0 aliphatic rings. The summed E-state index contributed by atoms with van der Waals surface area (Å²) in [6.07, 6.45) is 6.82. The minimum absolute atomic E-state index is 0.123. The Bertz CT molecular complexity index is 1030. The molecule has 7 nitrogen and oxygen atoms in total. The Labute approximate surface area is 181 Å². The molecule has 0 aliphatic heterocycles. The molecule has 0 atom stereocenters. The van der Waals surface area contributed by atoms with Crippen molar-refractivity contribution in [1.82, 2.24) is 9.55 Å². The third kappa shape index (κ3) is 5.45. The number of rotatable bonds is 10. The number of ketones is 1. The van der Waals surface area contributed by atoms with Crippen molar-refractivity contribution < 1.29 is 23.7 Å². The van der Waals surface area contributed by atoms with Gasteiger partial charge in [0.1, 0.15) is 18.2 Å². The minimum Gasteiger partial charge on any atom is -0.493 e. The van der Waals surface area contributed by atoms with Crippen molar-refractivity contribution in [1.29, 1.82) is 0 Å². The molecule has 3 aromatic rings. The third-order valence-corrected chi connectivity index (χ3v) is 4.63. The standard InChI is InChI=1S/C24H26N2O5/c1-5-30-24-21(28-3)14-17(15-22(24)29-4)6-11-20(27)18-7-9-19(10-8-18)31-16-23-25-12-13-26(23)2/h6-15H,5,16H2,1-4H3/b11-6+. The molecular weight excluding hydrogens is 396 g/mol. The van der Waals surface area contributed by atoms with Gasteiger partial charge in [0.25, 0.3) is 0 Å². The van der Waals surface area contributed by atoms with E-state index in [1.54, 1.807) is 62.9 Å². The smallest absolute Gasteiger partial charge is 0.203 e. The van der Waals surface area contributed by atoms with E-state index in [0.717, 1.165) is 11.4 Å². The van der Waals surface area contributed by atoms with Gasteiger partial charge in [-0.3, -0.25) is 4.79 Å². The number of aryl methyl sites for hydroxylation is 1. The van der Waals surface area contributed by atoms with Crippen LogP contribution in [0.15, 0.2) is 54.9 Å². The van der Waals surface area contributed by atoms with Crippen molar-refractivity contribution in [2.75, 3.05) is 20.8 Å². The van der Waals surface area contributed by atoms with Crippen molar-refractivity contribution in [2.45, 2.75) is 13.5 Å². The molecule has 0 bridgehead atoms. The van der Waals surface area contributed by atoms with Crippen LogP contribution in [-0.4, -0.2) is 36.2 Å². The molecule has 0 amide bonds. The lowest BCUT2D eigenvalue weighted by Gasteiger charge is -2.14. The van der Waals surface area contributed by atoms with Crippen molar-refractivity contribution >= 4 is 11.9 Å². The lowest BCUT2D eigenvalue weighted by molar-refractivity contribution is 0.104. The highest BCUT2D eigenvalue weighted by Gasteiger charge is 2.13. The molecule has 0 N–H and O–H groups in total. The zero-order valence-corrected chi connectivity index (χ0v) is 18.1. The second-order valence-electron chi connectivity index (χ2n) is 6.65. The van der Waals surface area contributed by atoms with Gasteiger partial charge in [-0.15, -0.1) is 0 Å². The van der Waals surface area contributed by atoms with Crippen LogP contribution in [0, 0.1) is 0 Å². The van der Waals surface area contributed by atoms with Crippen molar-refractivity contribution in [3.63, 3.8) is 0 Å². The molecule has 31 heavy (non-hydrogen) atoms. The maximum atomic E-state index is 12.6. The first-order valence-corrected chi connectivity index (χ1v) is 9.86. The Balaban J connectivity index is 1.68. The van der Waals surface area contributed by atoms with Gasteiger partial charge >= 0.3 is 0 Å². The monoisotopic (exact) mass is 422 g/mol. The predicted molar refractivity (Wildman–Crippen MR) is 118 cm³/mol. The van der Waals surface area contributed by atoms with Crippen LogP contribution in [0.5, 0.6) is 23.0 Å². The number of hydrogen-bond donors (Lipinski definition) is 0. The molecule has 0 spiro atoms. The molecule has 0 saturated heterocycles. The number of ether oxygens (including phenoxy) is 4. The zero-order valence-electron chi connectivity index (χ0n) is 18.1. The van der Waals surface area contributed by atoms with Crippen molar-refractivity contribution in [2.24, 2.45) is 7.05 Å². The number of carbonyl (C=O) groups is 1. The molecular formula is C24H26N2O5. The topological polar surface area (TPSA) is 71.8 Å². The van der Waals surface area contributed by atoms with Gasteiger partial charge in [0.05, 0.1) is 20.8 Å². The minimum atomic E-state index is -0.123. The van der Waals surface area contributed by atoms with Gasteiger partial charge in [-0.05, 0) is 55.0 Å². The number of allylic oxidation sites excluding steroid dienone is 1. The van der Waals surface area contributed by atoms with Gasteiger partial charge in [0.2, 0.25) is 5.75 Å². The zero-order chi connectivity index (χ0) is 22.2. The maximum absolute atomic E-state index is 12.6. The van der Waals surface area contributed by atoms with Crippen molar-refractivity contribution in [3.05, 3.63) is 71.8 Å². The highest BCUT2D eigenvalue weighted by atomic mass is 16.5. The number of aromatic nitrogens is 2. The molecule has 2 aromatic carbocycles. The highest BCUT2D eigenvalue weighted by molar-refractivity contribution is 6.06. The van der Waals surface area contributed by atoms with E-state index in [9.17, 15) is 4.79 Å². The van der Waals surface area contributed by atoms with Crippen LogP contribution in [0.1, 0.15) is 28.7 Å². The summed E-state index contributed by atoms with van der Waals surface area (Å²) in [6, 6.07) is 10.6. The van der Waals surface area contributed by atoms with Crippen molar-refractivity contribution in [3.8, 4) is 23.0 Å². The summed E-state index contributed by atoms with van der Waals surface area (Å²) in [5.74, 6) is 3.00. The van der Waals surface area contributed by atoms with Crippen LogP contribution in [0.2, 0.25) is 0 Å². The fraction of sp³-hybridized carbons (Fsp3) is 0.250. The third-order valence-electron chi connectivity index (χ3n) is 4.63. The molecule has 3 rings (SSSR count). The summed E-state index contributed by atoms with van der Waals surface area (Å²) < 4.78 is 24.0. The van der Waals surface area contributed by atoms with E-state index in [4.69, 9.17) is 18.9 Å². The summed E-state index contributed by atoms with van der Waals surface area (Å²) in [7, 11) is 5.04. The Morgan fingerprint density at radius 2 is 1.74 bits per heavy atom. The summed E-state index contributed by atoms with van der Waals surface area (Å²) in [6.45, 7) is 2.74. The fourth-order valence-electron chi connectivity index (χ4n) is 2.95. The average Bonchev–Trinajstić information content (AvgIpc) is 3.21. The summed E-state index contributed by atoms with van der Waals surface area (Å²) in [5, 5.41) is 0. The van der Waals surface area contributed by atoms with Gasteiger partial charge < -0.3 is 23.5 Å². The second kappa shape index (κ2) is 10.3. The van der Waals surface area contributed by atoms with E-state index in [2.05, 4.69) is 4.98 Å². The van der Waals surface area contributed by atoms with E-state index in [-0.39, 0.29) is 5.78 Å². The number of benzene rings is 2. The van der Waals surface area contributed by atoms with Crippen LogP contribution >= 0.6 is 0 Å². The van der Waals surface area contributed by atoms with E-state index < -0.39 is 0 Å². The Morgan fingerprint density at radius 3 is 2.29 bits per heavy atom. The Morgan fingerprint density at radius 1 is 1.06 bits per heavy atom. The number of carbonyl (C=O) groups excluding carboxylic acids is 1. The van der Waals surface area contributed by atoms with Gasteiger partial charge in [-0.2, -0.15) is 0 Å². The largest absolute Gasteiger partial charge is 0.493 e. The van der Waals surface area contributed by atoms with Crippen LogP contribution in [-0.2, 0) is 13.7 Å². The number of imidazole rings is 1. The predicted octanol–water partition coefficient (Wildman–Crippen LogP) is 4.31. The number of hydrogen-bond acceptors (Lipinski definition) is 6. The molecule has 0 radical (unpaired) electrons. The van der Waals surface area contributed by atoms with Gasteiger partial charge in [0, 0.05) is 25.0 Å². The second-order valence-corrected chi connectivity index (χ2v) is 6.65. The SMILES string of the molecule is CCOc1c(OC)cc(/C=C/C(=O)c2ccc(OCc3nccn3C)cc2)cc1OC. The molecule has 0 saturated carbocycles. The van der Waals surface area contributed by atoms with Crippen LogP contribution in [0.25, 0.3) is 6.08 Å². The van der Waals surface area contributed by atoms with E-state index in [1.165, 1.54) is 6.08 Å². The van der Waals surface area contributed by atoms with Crippen LogP contribution in [0.4, 0.5) is 0 Å².